The molecule has 6 heteroatoms. The van der Waals surface area contributed by atoms with Crippen molar-refractivity contribution in [1.82, 2.24) is 0 Å². The highest BCUT2D eigenvalue weighted by molar-refractivity contribution is 7.81. The van der Waals surface area contributed by atoms with Gasteiger partial charge in [0.25, 0.3) is 0 Å². The number of anilines is 2. The van der Waals surface area contributed by atoms with Gasteiger partial charge in [-0.05, 0) is 36.4 Å². The topological polar surface area (TPSA) is 83.0 Å². The highest BCUT2D eigenvalue weighted by Crippen LogP contribution is 2.27. The molecule has 0 aliphatic rings. The van der Waals surface area contributed by atoms with E-state index in [4.69, 9.17) is 5.73 Å². The van der Waals surface area contributed by atoms with Crippen LogP contribution in [-0.2, 0) is 0 Å². The first kappa shape index (κ1) is 12.3. The zero-order valence-corrected chi connectivity index (χ0v) is 10.3. The van der Waals surface area contributed by atoms with Gasteiger partial charge in [-0.2, -0.15) is 10.2 Å². The maximum Gasteiger partial charge on any atom is 0.138 e. The molecule has 0 unspecified atom stereocenters. The summed E-state index contributed by atoms with van der Waals surface area (Å²) >= 11 is 3.95. The van der Waals surface area contributed by atoms with Gasteiger partial charge in [-0.1, -0.05) is 18.9 Å². The average molecular weight is 260 g/mol. The van der Waals surface area contributed by atoms with Crippen LogP contribution in [0.5, 0.6) is 5.75 Å². The number of hydrogen-bond donors (Lipinski definition) is 4. The number of nitrogens with zero attached hydrogens (tertiary/aromatic N) is 2. The normalized spacial score (nSPS) is 10.7. The predicted molar refractivity (Wildman–Crippen MR) is 75.7 cm³/mol. The van der Waals surface area contributed by atoms with Gasteiger partial charge >= 0.3 is 0 Å². The Morgan fingerprint density at radius 3 is 2.44 bits per heavy atom. The summed E-state index contributed by atoms with van der Waals surface area (Å²) in [6.07, 6.45) is 0. The minimum absolute atomic E-state index is 0.0372. The van der Waals surface area contributed by atoms with Crippen LogP contribution in [-0.4, -0.2) is 5.11 Å². The molecule has 0 fully saturated rings. The second-order valence-electron chi connectivity index (χ2n) is 3.61. The first-order chi connectivity index (χ1) is 8.69. The Morgan fingerprint density at radius 2 is 1.78 bits per heavy atom. The van der Waals surface area contributed by atoms with E-state index in [1.165, 1.54) is 6.07 Å². The second-order valence-corrected chi connectivity index (χ2v) is 3.83. The van der Waals surface area contributed by atoms with Crippen molar-refractivity contribution in [3.8, 4) is 5.75 Å². The average Bonchev–Trinajstić information content (AvgIpc) is 2.40. The summed E-state index contributed by atoms with van der Waals surface area (Å²) in [6, 6.07) is 12.0. The van der Waals surface area contributed by atoms with Crippen molar-refractivity contribution in [2.75, 3.05) is 10.5 Å². The highest BCUT2D eigenvalue weighted by atomic mass is 32.1. The van der Waals surface area contributed by atoms with E-state index < -0.39 is 0 Å². The summed E-state index contributed by atoms with van der Waals surface area (Å²) in [4.78, 5) is 0. The van der Waals surface area contributed by atoms with Gasteiger partial charge in [-0.25, -0.2) is 0 Å². The van der Waals surface area contributed by atoms with Crippen molar-refractivity contribution in [2.45, 2.75) is 0 Å². The summed E-state index contributed by atoms with van der Waals surface area (Å²) in [6.45, 7) is 0. The molecule has 0 aromatic heterocycles. The number of hydrogen-bond acceptors (Lipinski definition) is 6. The van der Waals surface area contributed by atoms with E-state index in [1.807, 2.05) is 18.2 Å². The van der Waals surface area contributed by atoms with E-state index >= 15 is 0 Å². The molecule has 92 valence electrons. The summed E-state index contributed by atoms with van der Waals surface area (Å²) < 4.78 is 2.72. The van der Waals surface area contributed by atoms with Crippen molar-refractivity contribution < 1.29 is 5.11 Å². The largest absolute Gasteiger partial charge is 0.506 e. The van der Waals surface area contributed by atoms with Gasteiger partial charge in [0.2, 0.25) is 0 Å². The molecule has 2 rings (SSSR count). The Hall–Kier alpha value is -2.21. The molecule has 18 heavy (non-hydrogen) atoms. The molecule has 5 nitrogen and oxygen atoms in total. The quantitative estimate of drug-likeness (QED) is 0.294. The minimum atomic E-state index is 0.0372. The number of azo groups is 1. The number of phenolic OH excluding ortho intramolecular Hbond substituents is 1. The molecule has 0 aliphatic heterocycles. The Morgan fingerprint density at radius 1 is 1.06 bits per heavy atom. The van der Waals surface area contributed by atoms with E-state index in [9.17, 15) is 5.11 Å². The van der Waals surface area contributed by atoms with Crippen LogP contribution in [0.25, 0.3) is 0 Å². The number of phenols is 1. The summed E-state index contributed by atoms with van der Waals surface area (Å²) in [5, 5.41) is 17.4. The van der Waals surface area contributed by atoms with Crippen LogP contribution in [0.1, 0.15) is 0 Å². The van der Waals surface area contributed by atoms with Crippen LogP contribution in [0.4, 0.5) is 22.7 Å². The Bertz CT molecular complexity index is 586. The van der Waals surface area contributed by atoms with Crippen molar-refractivity contribution in [2.24, 2.45) is 10.2 Å². The molecule has 0 heterocycles. The lowest BCUT2D eigenvalue weighted by Crippen LogP contribution is -1.83. The number of nitrogens with one attached hydrogen (secondary N) is 1. The summed E-state index contributed by atoms with van der Waals surface area (Å²) in [5.74, 6) is 0.0372. The van der Waals surface area contributed by atoms with Crippen molar-refractivity contribution >= 4 is 35.6 Å². The number of nitrogen functional groups attached to an aromatic ring is 1. The third kappa shape index (κ3) is 2.92. The van der Waals surface area contributed by atoms with Crippen LogP contribution < -0.4 is 10.5 Å². The number of benzene rings is 2. The summed E-state index contributed by atoms with van der Waals surface area (Å²) in [7, 11) is 0. The fourth-order valence-electron chi connectivity index (χ4n) is 1.36. The first-order valence-corrected chi connectivity index (χ1v) is 5.64. The third-order valence-corrected chi connectivity index (χ3v) is 2.53. The van der Waals surface area contributed by atoms with Crippen molar-refractivity contribution in [3.05, 3.63) is 42.5 Å². The van der Waals surface area contributed by atoms with Gasteiger partial charge in [0.05, 0.1) is 17.1 Å². The van der Waals surface area contributed by atoms with E-state index in [0.29, 0.717) is 11.4 Å². The van der Waals surface area contributed by atoms with Gasteiger partial charge in [0, 0.05) is 5.69 Å². The molecule has 0 spiro atoms. The van der Waals surface area contributed by atoms with Crippen LogP contribution in [0.3, 0.4) is 0 Å². The predicted octanol–water partition coefficient (Wildman–Crippen LogP) is 3.65. The molecule has 2 aromatic rings. The standard InChI is InChI=1S/C12H12N4OS/c13-11-7-9(4-5-12(11)17)15-14-8-2-1-3-10(6-8)16-18/h1-7,16-18H,13H2. The van der Waals surface area contributed by atoms with Gasteiger partial charge in [0.1, 0.15) is 5.75 Å². The van der Waals surface area contributed by atoms with Gasteiger partial charge < -0.3 is 15.6 Å². The van der Waals surface area contributed by atoms with Gasteiger partial charge in [-0.3, -0.25) is 0 Å². The van der Waals surface area contributed by atoms with E-state index in [0.717, 1.165) is 5.69 Å². The number of nitrogens with two attached hydrogens (primary N) is 1. The lowest BCUT2D eigenvalue weighted by atomic mass is 10.2. The first-order valence-electron chi connectivity index (χ1n) is 5.19. The Labute approximate surface area is 110 Å². The van der Waals surface area contributed by atoms with Crippen molar-refractivity contribution in [1.29, 1.82) is 0 Å². The molecule has 2 aromatic carbocycles. The molecule has 0 radical (unpaired) electrons. The fourth-order valence-corrected chi connectivity index (χ4v) is 1.50. The lowest BCUT2D eigenvalue weighted by molar-refractivity contribution is 0.478. The maximum absolute atomic E-state index is 9.28. The molecule has 0 amide bonds. The minimum Gasteiger partial charge on any atom is -0.506 e. The van der Waals surface area contributed by atoms with E-state index in [2.05, 4.69) is 27.8 Å². The third-order valence-electron chi connectivity index (χ3n) is 2.27. The maximum atomic E-state index is 9.28. The Kier molecular flexibility index (Phi) is 3.69. The van der Waals surface area contributed by atoms with Gasteiger partial charge in [0.15, 0.2) is 0 Å². The number of rotatable bonds is 3. The second kappa shape index (κ2) is 5.42. The molecule has 0 saturated heterocycles. The zero-order valence-electron chi connectivity index (χ0n) is 9.41. The SMILES string of the molecule is Nc1cc(N=Nc2cccc(NS)c2)ccc1O. The van der Waals surface area contributed by atoms with Crippen LogP contribution in [0, 0.1) is 0 Å². The van der Waals surface area contributed by atoms with Gasteiger partial charge in [-0.15, -0.1) is 0 Å². The van der Waals surface area contributed by atoms with Crippen LogP contribution in [0.2, 0.25) is 0 Å². The molecular formula is C12H12N4OS. The smallest absolute Gasteiger partial charge is 0.138 e. The molecule has 0 atom stereocenters. The Balaban J connectivity index is 2.21. The number of thiol groups is 1. The summed E-state index contributed by atoms with van der Waals surface area (Å²) in [5.41, 5.74) is 7.95. The zero-order chi connectivity index (χ0) is 13.0. The van der Waals surface area contributed by atoms with Crippen molar-refractivity contribution in [3.63, 3.8) is 0 Å². The molecule has 4 N–H and O–H groups in total. The lowest BCUT2D eigenvalue weighted by Gasteiger charge is -2.00. The molecular weight excluding hydrogens is 248 g/mol. The van der Waals surface area contributed by atoms with E-state index in [1.54, 1.807) is 18.2 Å². The molecule has 0 aliphatic carbocycles. The fraction of sp³-hybridized carbons (Fsp3) is 0. The molecule has 0 saturated carbocycles. The monoisotopic (exact) mass is 260 g/mol. The van der Waals surface area contributed by atoms with Crippen LogP contribution in [0.15, 0.2) is 52.7 Å². The van der Waals surface area contributed by atoms with Crippen LogP contribution >= 0.6 is 12.8 Å². The number of aromatic hydroxyl groups is 1. The molecule has 0 bridgehead atoms. The highest BCUT2D eigenvalue weighted by Gasteiger charge is 1.98. The van der Waals surface area contributed by atoms with E-state index in [-0.39, 0.29) is 11.4 Å².